The van der Waals surface area contributed by atoms with Gasteiger partial charge in [-0.25, -0.2) is 18.7 Å². The smallest absolute Gasteiger partial charge is 0.229 e. The highest BCUT2D eigenvalue weighted by Gasteiger charge is 2.27. The van der Waals surface area contributed by atoms with Gasteiger partial charge in [0.15, 0.2) is 0 Å². The third-order valence-electron chi connectivity index (χ3n) is 3.88. The lowest BCUT2D eigenvalue weighted by molar-refractivity contribution is -0.120. The van der Waals surface area contributed by atoms with Gasteiger partial charge in [0.05, 0.1) is 9.49 Å². The Balaban J connectivity index is 1.69. The van der Waals surface area contributed by atoms with Crippen LogP contribution in [0.4, 0.5) is 20.4 Å². The van der Waals surface area contributed by atoms with Crippen LogP contribution in [0.3, 0.4) is 0 Å². The van der Waals surface area contributed by atoms with Gasteiger partial charge in [-0.2, -0.15) is 0 Å². The number of rotatable bonds is 3. The Hall–Kier alpha value is -1.84. The molecule has 0 bridgehead atoms. The van der Waals surface area contributed by atoms with Crippen LogP contribution in [0.5, 0.6) is 0 Å². The van der Waals surface area contributed by atoms with Crippen LogP contribution in [-0.4, -0.2) is 29.0 Å². The van der Waals surface area contributed by atoms with Gasteiger partial charge in [0.25, 0.3) is 0 Å². The van der Waals surface area contributed by atoms with Crippen LogP contribution in [0, 0.1) is 21.1 Å². The van der Waals surface area contributed by atoms with Gasteiger partial charge >= 0.3 is 0 Å². The molecule has 8 heteroatoms. The van der Waals surface area contributed by atoms with Gasteiger partial charge in [0.1, 0.15) is 11.6 Å². The normalized spacial score (nSPS) is 17.6. The average molecular weight is 444 g/mol. The monoisotopic (exact) mass is 444 g/mol. The molecule has 0 spiro atoms. The van der Waals surface area contributed by atoms with Crippen LogP contribution in [0.25, 0.3) is 0 Å². The number of carbonyl (C=O) groups excluding carboxylic acids is 1. The summed E-state index contributed by atoms with van der Waals surface area (Å²) < 4.78 is 27.1. The van der Waals surface area contributed by atoms with Gasteiger partial charge in [-0.1, -0.05) is 0 Å². The maximum atomic E-state index is 13.6. The number of hydrogen-bond acceptors (Lipinski definition) is 4. The quantitative estimate of drug-likeness (QED) is 0.584. The maximum absolute atomic E-state index is 13.6. The molecule has 0 saturated carbocycles. The van der Waals surface area contributed by atoms with Crippen LogP contribution in [-0.2, 0) is 4.79 Å². The summed E-state index contributed by atoms with van der Waals surface area (Å²) in [4.78, 5) is 22.8. The molecular formula is C16H15F2IN4O. The Morgan fingerprint density at radius 3 is 2.58 bits per heavy atom. The van der Waals surface area contributed by atoms with Crippen molar-refractivity contribution in [1.82, 2.24) is 9.97 Å². The van der Waals surface area contributed by atoms with E-state index in [-0.39, 0.29) is 21.1 Å². The average Bonchev–Trinajstić information content (AvgIpc) is 2.60. The van der Waals surface area contributed by atoms with Crippen LogP contribution < -0.4 is 10.2 Å². The fourth-order valence-corrected chi connectivity index (χ4v) is 3.01. The lowest BCUT2D eigenvalue weighted by atomic mass is 9.97. The molecule has 1 amide bonds. The first kappa shape index (κ1) is 17.0. The highest BCUT2D eigenvalue weighted by Crippen LogP contribution is 2.24. The second kappa shape index (κ2) is 7.37. The minimum absolute atomic E-state index is 0.0873. The van der Waals surface area contributed by atoms with E-state index in [0.29, 0.717) is 18.9 Å². The van der Waals surface area contributed by atoms with E-state index in [2.05, 4.69) is 15.3 Å². The highest BCUT2D eigenvalue weighted by molar-refractivity contribution is 14.1. The molecule has 5 nitrogen and oxygen atoms in total. The summed E-state index contributed by atoms with van der Waals surface area (Å²) in [6, 6.07) is 3.99. The summed E-state index contributed by atoms with van der Waals surface area (Å²) in [7, 11) is 0. The first-order valence-corrected chi connectivity index (χ1v) is 8.60. The molecule has 1 fully saturated rings. The van der Waals surface area contributed by atoms with Crippen molar-refractivity contribution in [2.24, 2.45) is 5.92 Å². The molecule has 126 valence electrons. The van der Waals surface area contributed by atoms with Crippen molar-refractivity contribution in [2.45, 2.75) is 12.8 Å². The summed E-state index contributed by atoms with van der Waals surface area (Å²) in [5, 5.41) is 2.60. The lowest BCUT2D eigenvalue weighted by Crippen LogP contribution is -2.41. The summed E-state index contributed by atoms with van der Waals surface area (Å²) in [5.41, 5.74) is 0.128. The largest absolute Gasteiger partial charge is 0.340 e. The molecule has 2 heterocycles. The van der Waals surface area contributed by atoms with E-state index in [1.54, 1.807) is 41.1 Å². The SMILES string of the molecule is O=C(Nc1cc(F)c(I)c(F)c1)C1CCCN(c2ncccn2)C1. The number of nitrogens with one attached hydrogen (secondary N) is 1. The Morgan fingerprint density at radius 1 is 1.25 bits per heavy atom. The number of benzene rings is 1. The molecule has 1 atom stereocenters. The Bertz CT molecular complexity index is 721. The molecule has 0 radical (unpaired) electrons. The van der Waals surface area contributed by atoms with Crippen LogP contribution in [0.2, 0.25) is 0 Å². The standard InChI is InChI=1S/C16H15F2IN4O/c17-12-7-11(8-13(18)14(12)19)22-15(24)10-3-1-6-23(9-10)16-20-4-2-5-21-16/h2,4-5,7-8,10H,1,3,6,9H2,(H,22,24). The summed E-state index contributed by atoms with van der Waals surface area (Å²) in [5.74, 6) is -1.33. The minimum atomic E-state index is -0.686. The number of amides is 1. The third kappa shape index (κ3) is 3.80. The van der Waals surface area contributed by atoms with Crippen LogP contribution in [0.1, 0.15) is 12.8 Å². The lowest BCUT2D eigenvalue weighted by Gasteiger charge is -2.31. The Kier molecular flexibility index (Phi) is 5.22. The van der Waals surface area contributed by atoms with E-state index in [1.165, 1.54) is 0 Å². The van der Waals surface area contributed by atoms with Gasteiger partial charge in [-0.05, 0) is 53.6 Å². The van der Waals surface area contributed by atoms with Crippen molar-refractivity contribution in [3.05, 3.63) is 45.8 Å². The molecule has 0 aliphatic carbocycles. The molecule has 1 unspecified atom stereocenters. The highest BCUT2D eigenvalue weighted by atomic mass is 127. The van der Waals surface area contributed by atoms with Gasteiger partial charge in [0, 0.05) is 31.2 Å². The van der Waals surface area contributed by atoms with Crippen molar-refractivity contribution < 1.29 is 13.6 Å². The van der Waals surface area contributed by atoms with Crippen LogP contribution >= 0.6 is 22.6 Å². The third-order valence-corrected chi connectivity index (χ3v) is 4.91. The Labute approximate surface area is 151 Å². The predicted molar refractivity (Wildman–Crippen MR) is 94.7 cm³/mol. The number of carbonyl (C=O) groups is 1. The van der Waals surface area contributed by atoms with E-state index >= 15 is 0 Å². The van der Waals surface area contributed by atoms with E-state index in [1.807, 2.05) is 4.90 Å². The number of aromatic nitrogens is 2. The van der Waals surface area contributed by atoms with Gasteiger partial charge in [-0.15, -0.1) is 0 Å². The first-order chi connectivity index (χ1) is 11.5. The van der Waals surface area contributed by atoms with Gasteiger partial charge in [0.2, 0.25) is 11.9 Å². The van der Waals surface area contributed by atoms with E-state index in [4.69, 9.17) is 0 Å². The zero-order valence-electron chi connectivity index (χ0n) is 12.7. The van der Waals surface area contributed by atoms with Crippen molar-refractivity contribution in [2.75, 3.05) is 23.3 Å². The maximum Gasteiger partial charge on any atom is 0.229 e. The molecule has 1 aliphatic rings. The minimum Gasteiger partial charge on any atom is -0.340 e. The van der Waals surface area contributed by atoms with Crippen molar-refractivity contribution in [1.29, 1.82) is 0 Å². The van der Waals surface area contributed by atoms with Gasteiger partial charge in [-0.3, -0.25) is 4.79 Å². The number of hydrogen-bond donors (Lipinski definition) is 1. The zero-order chi connectivity index (χ0) is 17.1. The predicted octanol–water partition coefficient (Wildman–Crippen LogP) is 3.21. The zero-order valence-corrected chi connectivity index (χ0v) is 14.8. The van der Waals surface area contributed by atoms with E-state index in [0.717, 1.165) is 25.1 Å². The fraction of sp³-hybridized carbons (Fsp3) is 0.312. The molecular weight excluding hydrogens is 429 g/mol. The second-order valence-corrected chi connectivity index (χ2v) is 6.66. The molecule has 1 saturated heterocycles. The number of halogens is 3. The van der Waals surface area contributed by atoms with Crippen molar-refractivity contribution in [3.63, 3.8) is 0 Å². The van der Waals surface area contributed by atoms with Gasteiger partial charge < -0.3 is 10.2 Å². The number of anilines is 2. The molecule has 2 aromatic rings. The number of piperidine rings is 1. The molecule has 24 heavy (non-hydrogen) atoms. The summed E-state index contributed by atoms with van der Waals surface area (Å²) in [6.45, 7) is 1.26. The van der Waals surface area contributed by atoms with Crippen molar-refractivity contribution >= 4 is 40.1 Å². The number of nitrogens with zero attached hydrogens (tertiary/aromatic N) is 3. The second-order valence-electron chi connectivity index (χ2n) is 5.58. The molecule has 1 aromatic carbocycles. The molecule has 1 aromatic heterocycles. The van der Waals surface area contributed by atoms with E-state index in [9.17, 15) is 13.6 Å². The van der Waals surface area contributed by atoms with Crippen molar-refractivity contribution in [3.8, 4) is 0 Å². The summed E-state index contributed by atoms with van der Waals surface area (Å²) >= 11 is 1.59. The topological polar surface area (TPSA) is 58.1 Å². The Morgan fingerprint density at radius 2 is 1.92 bits per heavy atom. The van der Waals surface area contributed by atoms with E-state index < -0.39 is 11.6 Å². The first-order valence-electron chi connectivity index (χ1n) is 7.52. The molecule has 3 rings (SSSR count). The molecule has 1 N–H and O–H groups in total. The molecule has 1 aliphatic heterocycles. The summed E-state index contributed by atoms with van der Waals surface area (Å²) in [6.07, 6.45) is 4.85. The fourth-order valence-electron chi connectivity index (χ4n) is 2.70. The van der Waals surface area contributed by atoms with Crippen LogP contribution in [0.15, 0.2) is 30.6 Å².